The zero-order valence-corrected chi connectivity index (χ0v) is 11.1. The molecule has 1 atom stereocenters. The summed E-state index contributed by atoms with van der Waals surface area (Å²) in [5, 5.41) is 3.35. The summed E-state index contributed by atoms with van der Waals surface area (Å²) in [6.07, 6.45) is 4.42. The fourth-order valence-electron chi connectivity index (χ4n) is 2.27. The fourth-order valence-corrected chi connectivity index (χ4v) is 4.39. The van der Waals surface area contributed by atoms with E-state index in [0.717, 1.165) is 18.9 Å². The van der Waals surface area contributed by atoms with Gasteiger partial charge in [0.15, 0.2) is 9.84 Å². The summed E-state index contributed by atoms with van der Waals surface area (Å²) in [7, 11) is -2.83. The third-order valence-electron chi connectivity index (χ3n) is 3.33. The maximum absolute atomic E-state index is 11.4. The Hall–Kier alpha value is -0.880. The molecule has 0 amide bonds. The van der Waals surface area contributed by atoms with Crippen molar-refractivity contribution in [1.82, 2.24) is 14.9 Å². The number of hydrogen-bond donors (Lipinski definition) is 1. The molecule has 6 heteroatoms. The molecule has 0 bridgehead atoms. The van der Waals surface area contributed by atoms with Crippen LogP contribution in [-0.4, -0.2) is 41.6 Å². The summed E-state index contributed by atoms with van der Waals surface area (Å²) in [5.41, 5.74) is -0.257. The van der Waals surface area contributed by atoms with Crippen LogP contribution in [0.2, 0.25) is 0 Å². The smallest absolute Gasteiger partial charge is 0.152 e. The van der Waals surface area contributed by atoms with Gasteiger partial charge in [-0.25, -0.2) is 13.4 Å². The van der Waals surface area contributed by atoms with Crippen LogP contribution in [0, 0.1) is 6.92 Å². The van der Waals surface area contributed by atoms with Gasteiger partial charge in [-0.1, -0.05) is 0 Å². The van der Waals surface area contributed by atoms with Crippen LogP contribution < -0.4 is 5.32 Å². The molecule has 0 aromatic carbocycles. The highest BCUT2D eigenvalue weighted by atomic mass is 32.2. The summed E-state index contributed by atoms with van der Waals surface area (Å²) < 4.78 is 24.9. The van der Waals surface area contributed by atoms with E-state index in [4.69, 9.17) is 0 Å². The maximum atomic E-state index is 11.4. The van der Waals surface area contributed by atoms with Gasteiger partial charge < -0.3 is 9.88 Å². The molecule has 0 aliphatic carbocycles. The lowest BCUT2D eigenvalue weighted by Crippen LogP contribution is -2.44. The van der Waals surface area contributed by atoms with Gasteiger partial charge in [-0.15, -0.1) is 0 Å². The van der Waals surface area contributed by atoms with E-state index < -0.39 is 9.84 Å². The summed E-state index contributed by atoms with van der Waals surface area (Å²) in [6, 6.07) is 0. The van der Waals surface area contributed by atoms with Crippen LogP contribution in [-0.2, 0) is 16.4 Å². The largest absolute Gasteiger partial charge is 0.334 e. The lowest BCUT2D eigenvalue weighted by atomic mass is 10.0. The molecule has 1 aromatic heterocycles. The van der Waals surface area contributed by atoms with E-state index in [2.05, 4.69) is 14.9 Å². The molecule has 2 heterocycles. The van der Waals surface area contributed by atoms with Crippen LogP contribution >= 0.6 is 0 Å². The number of nitrogens with zero attached hydrogens (tertiary/aromatic N) is 2. The SMILES string of the molecule is Cc1nccn1CCNC1(C)CCS(=O)(=O)C1. The van der Waals surface area contributed by atoms with Crippen LogP contribution in [0.15, 0.2) is 12.4 Å². The second-order valence-electron chi connectivity index (χ2n) is 5.00. The quantitative estimate of drug-likeness (QED) is 0.846. The topological polar surface area (TPSA) is 64.0 Å². The zero-order chi connectivity index (χ0) is 12.5. The van der Waals surface area contributed by atoms with Crippen molar-refractivity contribution in [2.24, 2.45) is 0 Å². The van der Waals surface area contributed by atoms with Crippen molar-refractivity contribution in [3.05, 3.63) is 18.2 Å². The van der Waals surface area contributed by atoms with Gasteiger partial charge in [0.1, 0.15) is 5.82 Å². The molecule has 1 aromatic rings. The minimum Gasteiger partial charge on any atom is -0.334 e. The summed E-state index contributed by atoms with van der Waals surface area (Å²) >= 11 is 0. The predicted molar refractivity (Wildman–Crippen MR) is 66.6 cm³/mol. The minimum absolute atomic E-state index is 0.253. The molecule has 1 N–H and O–H groups in total. The first kappa shape index (κ1) is 12.6. The number of imidazole rings is 1. The van der Waals surface area contributed by atoms with E-state index in [0.29, 0.717) is 12.2 Å². The van der Waals surface area contributed by atoms with Gasteiger partial charge in [0.25, 0.3) is 0 Å². The first-order valence-corrected chi connectivity index (χ1v) is 7.66. The van der Waals surface area contributed by atoms with E-state index in [1.807, 2.05) is 20.0 Å². The third-order valence-corrected chi connectivity index (χ3v) is 5.23. The normalized spacial score (nSPS) is 27.4. The molecule has 2 rings (SSSR count). The monoisotopic (exact) mass is 257 g/mol. The molecule has 1 saturated heterocycles. The second-order valence-corrected chi connectivity index (χ2v) is 7.18. The van der Waals surface area contributed by atoms with Crippen LogP contribution in [0.25, 0.3) is 0 Å². The Kier molecular flexibility index (Phi) is 3.27. The lowest BCUT2D eigenvalue weighted by molar-refractivity contribution is 0.386. The van der Waals surface area contributed by atoms with E-state index in [9.17, 15) is 8.42 Å². The average molecular weight is 257 g/mol. The van der Waals surface area contributed by atoms with Crippen molar-refractivity contribution in [2.75, 3.05) is 18.1 Å². The fraction of sp³-hybridized carbons (Fsp3) is 0.727. The molecule has 0 radical (unpaired) electrons. The van der Waals surface area contributed by atoms with Crippen molar-refractivity contribution in [3.8, 4) is 0 Å². The molecular weight excluding hydrogens is 238 g/mol. The lowest BCUT2D eigenvalue weighted by Gasteiger charge is -2.24. The highest BCUT2D eigenvalue weighted by Crippen LogP contribution is 2.22. The number of aryl methyl sites for hydroxylation is 1. The Labute approximate surface area is 102 Å². The molecule has 1 aliphatic rings. The Bertz CT molecular complexity index is 495. The van der Waals surface area contributed by atoms with Crippen LogP contribution in [0.3, 0.4) is 0 Å². The molecule has 1 fully saturated rings. The molecule has 17 heavy (non-hydrogen) atoms. The Balaban J connectivity index is 1.85. The summed E-state index contributed by atoms with van der Waals surface area (Å²) in [6.45, 7) is 5.53. The van der Waals surface area contributed by atoms with Gasteiger partial charge in [-0.2, -0.15) is 0 Å². The molecule has 5 nitrogen and oxygen atoms in total. The van der Waals surface area contributed by atoms with Gasteiger partial charge in [-0.05, 0) is 20.3 Å². The van der Waals surface area contributed by atoms with Gasteiger partial charge in [0.05, 0.1) is 11.5 Å². The summed E-state index contributed by atoms with van der Waals surface area (Å²) in [4.78, 5) is 4.15. The number of rotatable bonds is 4. The van der Waals surface area contributed by atoms with Gasteiger partial charge in [0.2, 0.25) is 0 Å². The molecule has 0 saturated carbocycles. The van der Waals surface area contributed by atoms with Crippen LogP contribution in [0.1, 0.15) is 19.2 Å². The number of sulfone groups is 1. The van der Waals surface area contributed by atoms with E-state index in [-0.39, 0.29) is 11.3 Å². The van der Waals surface area contributed by atoms with Crippen LogP contribution in [0.5, 0.6) is 0 Å². The van der Waals surface area contributed by atoms with Gasteiger partial charge in [-0.3, -0.25) is 0 Å². The third kappa shape index (κ3) is 3.07. The maximum Gasteiger partial charge on any atom is 0.152 e. The standard InChI is InChI=1S/C11H19N3O2S/c1-10-12-4-6-14(10)7-5-13-11(2)3-8-17(15,16)9-11/h4,6,13H,3,5,7-9H2,1-2H3. The van der Waals surface area contributed by atoms with Gasteiger partial charge in [0, 0.05) is 31.0 Å². The number of aromatic nitrogens is 2. The van der Waals surface area contributed by atoms with Crippen LogP contribution in [0.4, 0.5) is 0 Å². The molecule has 96 valence electrons. The molecular formula is C11H19N3O2S. The second kappa shape index (κ2) is 4.42. The minimum atomic E-state index is -2.83. The Morgan fingerprint density at radius 2 is 2.35 bits per heavy atom. The van der Waals surface area contributed by atoms with E-state index in [1.54, 1.807) is 6.20 Å². The van der Waals surface area contributed by atoms with E-state index in [1.165, 1.54) is 0 Å². The molecule has 1 unspecified atom stereocenters. The Morgan fingerprint density at radius 3 is 2.88 bits per heavy atom. The van der Waals surface area contributed by atoms with Crippen molar-refractivity contribution in [1.29, 1.82) is 0 Å². The highest BCUT2D eigenvalue weighted by molar-refractivity contribution is 7.91. The number of nitrogens with one attached hydrogen (secondary N) is 1. The summed E-state index contributed by atoms with van der Waals surface area (Å²) in [5.74, 6) is 1.54. The molecule has 1 aliphatic heterocycles. The van der Waals surface area contributed by atoms with Crippen molar-refractivity contribution in [3.63, 3.8) is 0 Å². The zero-order valence-electron chi connectivity index (χ0n) is 10.3. The first-order valence-electron chi connectivity index (χ1n) is 5.83. The van der Waals surface area contributed by atoms with Gasteiger partial charge >= 0.3 is 0 Å². The van der Waals surface area contributed by atoms with Crippen molar-refractivity contribution < 1.29 is 8.42 Å². The van der Waals surface area contributed by atoms with Crippen molar-refractivity contribution >= 4 is 9.84 Å². The molecule has 0 spiro atoms. The predicted octanol–water partition coefficient (Wildman–Crippen LogP) is 0.358. The average Bonchev–Trinajstić information content (AvgIpc) is 2.72. The first-order chi connectivity index (χ1) is 7.90. The van der Waals surface area contributed by atoms with Crippen molar-refractivity contribution in [2.45, 2.75) is 32.4 Å². The highest BCUT2D eigenvalue weighted by Gasteiger charge is 2.37. The Morgan fingerprint density at radius 1 is 1.59 bits per heavy atom. The van der Waals surface area contributed by atoms with E-state index >= 15 is 0 Å². The number of hydrogen-bond acceptors (Lipinski definition) is 4.